The summed E-state index contributed by atoms with van der Waals surface area (Å²) < 4.78 is 5.60. The first-order valence-corrected chi connectivity index (χ1v) is 6.83. The molecule has 0 radical (unpaired) electrons. The van der Waals surface area contributed by atoms with Gasteiger partial charge in [0.2, 0.25) is 5.91 Å². The Hall–Kier alpha value is -1.88. The Morgan fingerprint density at radius 3 is 2.85 bits per heavy atom. The lowest BCUT2D eigenvalue weighted by atomic mass is 10.2. The SMILES string of the molecule is CC(OCc1ccccc1)C(=O)N1CCNC(=O)C1C. The van der Waals surface area contributed by atoms with Crippen LogP contribution in [0.25, 0.3) is 0 Å². The normalized spacial score (nSPS) is 20.4. The van der Waals surface area contributed by atoms with Gasteiger partial charge < -0.3 is 15.0 Å². The fourth-order valence-electron chi connectivity index (χ4n) is 2.18. The summed E-state index contributed by atoms with van der Waals surface area (Å²) >= 11 is 0. The second kappa shape index (κ2) is 6.52. The van der Waals surface area contributed by atoms with Gasteiger partial charge in [-0.1, -0.05) is 30.3 Å². The molecule has 2 atom stereocenters. The van der Waals surface area contributed by atoms with Gasteiger partial charge in [0.1, 0.15) is 12.1 Å². The zero-order valence-corrected chi connectivity index (χ0v) is 11.8. The number of carbonyl (C=O) groups excluding carboxylic acids is 2. The van der Waals surface area contributed by atoms with Crippen molar-refractivity contribution in [3.05, 3.63) is 35.9 Å². The zero-order chi connectivity index (χ0) is 14.5. The third kappa shape index (κ3) is 3.36. The third-order valence-corrected chi connectivity index (χ3v) is 3.47. The van der Waals surface area contributed by atoms with Gasteiger partial charge in [-0.3, -0.25) is 9.59 Å². The Bertz CT molecular complexity index is 475. The molecular formula is C15H20N2O3. The number of nitrogens with one attached hydrogen (secondary N) is 1. The van der Waals surface area contributed by atoms with E-state index >= 15 is 0 Å². The van der Waals surface area contributed by atoms with Crippen molar-refractivity contribution in [3.63, 3.8) is 0 Å². The molecule has 1 aliphatic heterocycles. The summed E-state index contributed by atoms with van der Waals surface area (Å²) in [7, 11) is 0. The molecule has 108 valence electrons. The zero-order valence-electron chi connectivity index (χ0n) is 11.8. The number of amides is 2. The van der Waals surface area contributed by atoms with Crippen molar-refractivity contribution < 1.29 is 14.3 Å². The number of benzene rings is 1. The number of carbonyl (C=O) groups is 2. The summed E-state index contributed by atoms with van der Waals surface area (Å²) in [5.74, 6) is -0.247. The van der Waals surface area contributed by atoms with Crippen molar-refractivity contribution in [3.8, 4) is 0 Å². The minimum Gasteiger partial charge on any atom is -0.364 e. The highest BCUT2D eigenvalue weighted by Crippen LogP contribution is 2.10. The van der Waals surface area contributed by atoms with Crippen LogP contribution in [-0.4, -0.2) is 41.9 Å². The molecule has 0 aliphatic carbocycles. The lowest BCUT2D eigenvalue weighted by Crippen LogP contribution is -2.57. The number of ether oxygens (including phenoxy) is 1. The standard InChI is InChI=1S/C15H20N2O3/c1-11-14(18)16-8-9-17(11)15(19)12(2)20-10-13-6-4-3-5-7-13/h3-7,11-12H,8-10H2,1-2H3,(H,16,18). The van der Waals surface area contributed by atoms with Crippen LogP contribution >= 0.6 is 0 Å². The van der Waals surface area contributed by atoms with Crippen LogP contribution < -0.4 is 5.32 Å². The number of rotatable bonds is 4. The molecule has 2 amide bonds. The number of hydrogen-bond acceptors (Lipinski definition) is 3. The van der Waals surface area contributed by atoms with Gasteiger partial charge in [-0.15, -0.1) is 0 Å². The molecule has 1 aliphatic rings. The first kappa shape index (κ1) is 14.5. The molecule has 0 aromatic heterocycles. The summed E-state index contributed by atoms with van der Waals surface area (Å²) in [5, 5.41) is 2.74. The van der Waals surface area contributed by atoms with E-state index in [1.807, 2.05) is 30.3 Å². The maximum absolute atomic E-state index is 12.3. The summed E-state index contributed by atoms with van der Waals surface area (Å²) in [4.78, 5) is 25.4. The van der Waals surface area contributed by atoms with Gasteiger partial charge in [-0.25, -0.2) is 0 Å². The predicted molar refractivity (Wildman–Crippen MR) is 74.9 cm³/mol. The van der Waals surface area contributed by atoms with Crippen LogP contribution in [0.1, 0.15) is 19.4 Å². The first-order chi connectivity index (χ1) is 9.59. The largest absolute Gasteiger partial charge is 0.364 e. The van der Waals surface area contributed by atoms with E-state index < -0.39 is 12.1 Å². The fraction of sp³-hybridized carbons (Fsp3) is 0.467. The van der Waals surface area contributed by atoms with Gasteiger partial charge in [0.25, 0.3) is 5.91 Å². The lowest BCUT2D eigenvalue weighted by molar-refractivity contribution is -0.151. The van der Waals surface area contributed by atoms with Gasteiger partial charge in [-0.2, -0.15) is 0 Å². The third-order valence-electron chi connectivity index (χ3n) is 3.47. The van der Waals surface area contributed by atoms with Crippen LogP contribution in [-0.2, 0) is 20.9 Å². The predicted octanol–water partition coefficient (Wildman–Crippen LogP) is 0.939. The van der Waals surface area contributed by atoms with Crippen LogP contribution in [0.15, 0.2) is 30.3 Å². The van der Waals surface area contributed by atoms with Crippen molar-refractivity contribution in [2.45, 2.75) is 32.6 Å². The van der Waals surface area contributed by atoms with Gasteiger partial charge >= 0.3 is 0 Å². The molecule has 2 unspecified atom stereocenters. The molecule has 1 fully saturated rings. The topological polar surface area (TPSA) is 58.6 Å². The Labute approximate surface area is 118 Å². The van der Waals surface area contributed by atoms with Crippen molar-refractivity contribution in [2.24, 2.45) is 0 Å². The van der Waals surface area contributed by atoms with E-state index in [1.165, 1.54) is 0 Å². The second-order valence-electron chi connectivity index (χ2n) is 4.94. The molecule has 2 rings (SSSR count). The molecule has 0 bridgehead atoms. The number of nitrogens with zero attached hydrogens (tertiary/aromatic N) is 1. The van der Waals surface area contributed by atoms with Crippen molar-refractivity contribution in [1.29, 1.82) is 0 Å². The minimum atomic E-state index is -0.552. The highest BCUT2D eigenvalue weighted by Gasteiger charge is 2.31. The van der Waals surface area contributed by atoms with E-state index in [2.05, 4.69) is 5.32 Å². The minimum absolute atomic E-state index is 0.111. The summed E-state index contributed by atoms with van der Waals surface area (Å²) in [6, 6.07) is 9.28. The monoisotopic (exact) mass is 276 g/mol. The fourth-order valence-corrected chi connectivity index (χ4v) is 2.18. The lowest BCUT2D eigenvalue weighted by Gasteiger charge is -2.34. The highest BCUT2D eigenvalue weighted by molar-refractivity contribution is 5.90. The van der Waals surface area contributed by atoms with E-state index in [9.17, 15) is 9.59 Å². The Balaban J connectivity index is 1.90. The Morgan fingerprint density at radius 2 is 2.15 bits per heavy atom. The van der Waals surface area contributed by atoms with Crippen molar-refractivity contribution in [2.75, 3.05) is 13.1 Å². The van der Waals surface area contributed by atoms with Crippen molar-refractivity contribution in [1.82, 2.24) is 10.2 Å². The van der Waals surface area contributed by atoms with Gasteiger partial charge in [0.05, 0.1) is 6.61 Å². The van der Waals surface area contributed by atoms with Crippen LogP contribution in [0.2, 0.25) is 0 Å². The van der Waals surface area contributed by atoms with Crippen LogP contribution in [0.3, 0.4) is 0 Å². The van der Waals surface area contributed by atoms with Crippen LogP contribution in [0.5, 0.6) is 0 Å². The molecule has 5 heteroatoms. The molecule has 20 heavy (non-hydrogen) atoms. The molecule has 1 aromatic carbocycles. The van der Waals surface area contributed by atoms with Crippen LogP contribution in [0.4, 0.5) is 0 Å². The summed E-state index contributed by atoms with van der Waals surface area (Å²) in [6.07, 6.45) is -0.552. The maximum Gasteiger partial charge on any atom is 0.252 e. The average molecular weight is 276 g/mol. The van der Waals surface area contributed by atoms with Crippen LogP contribution in [0, 0.1) is 0 Å². The maximum atomic E-state index is 12.3. The molecule has 1 saturated heterocycles. The molecular weight excluding hydrogens is 256 g/mol. The van der Waals surface area contributed by atoms with E-state index in [0.717, 1.165) is 5.56 Å². The molecule has 0 spiro atoms. The summed E-state index contributed by atoms with van der Waals surface area (Å²) in [6.45, 7) is 4.88. The first-order valence-electron chi connectivity index (χ1n) is 6.83. The van der Waals surface area contributed by atoms with E-state index in [4.69, 9.17) is 4.74 Å². The Morgan fingerprint density at radius 1 is 1.45 bits per heavy atom. The smallest absolute Gasteiger partial charge is 0.252 e. The average Bonchev–Trinajstić information content (AvgIpc) is 2.48. The molecule has 1 heterocycles. The Kier molecular flexibility index (Phi) is 4.74. The number of hydrogen-bond donors (Lipinski definition) is 1. The molecule has 1 N–H and O–H groups in total. The van der Waals surface area contributed by atoms with Gasteiger partial charge in [-0.05, 0) is 19.4 Å². The van der Waals surface area contributed by atoms with Crippen molar-refractivity contribution >= 4 is 11.8 Å². The highest BCUT2D eigenvalue weighted by atomic mass is 16.5. The number of piperazine rings is 1. The van der Waals surface area contributed by atoms with E-state index in [0.29, 0.717) is 19.7 Å². The van der Waals surface area contributed by atoms with E-state index in [-0.39, 0.29) is 11.8 Å². The quantitative estimate of drug-likeness (QED) is 0.890. The van der Waals surface area contributed by atoms with E-state index in [1.54, 1.807) is 18.7 Å². The second-order valence-corrected chi connectivity index (χ2v) is 4.94. The molecule has 5 nitrogen and oxygen atoms in total. The van der Waals surface area contributed by atoms with Gasteiger partial charge in [0, 0.05) is 13.1 Å². The van der Waals surface area contributed by atoms with Gasteiger partial charge in [0.15, 0.2) is 0 Å². The molecule has 1 aromatic rings. The molecule has 0 saturated carbocycles. The summed E-state index contributed by atoms with van der Waals surface area (Å²) in [5.41, 5.74) is 1.02.